The van der Waals surface area contributed by atoms with Gasteiger partial charge in [0.2, 0.25) is 0 Å². The van der Waals surface area contributed by atoms with Crippen molar-refractivity contribution in [3.05, 3.63) is 64.7 Å². The van der Waals surface area contributed by atoms with Gasteiger partial charge in [0.1, 0.15) is 5.82 Å². The molecule has 2 aromatic rings. The SMILES string of the molecule is COc1cc(Cc2cccc(F)c2)c(CCC(C)CC(O)C(=O)O)cc1F. The van der Waals surface area contributed by atoms with Crippen molar-refractivity contribution in [1.82, 2.24) is 0 Å². The number of hydrogen-bond donors (Lipinski definition) is 2. The highest BCUT2D eigenvalue weighted by Crippen LogP contribution is 2.27. The Balaban J connectivity index is 2.18. The van der Waals surface area contributed by atoms with E-state index in [0.717, 1.165) is 16.7 Å². The minimum Gasteiger partial charge on any atom is -0.494 e. The van der Waals surface area contributed by atoms with Gasteiger partial charge in [0, 0.05) is 0 Å². The molecule has 0 spiro atoms. The first-order chi connectivity index (χ1) is 12.8. The average molecular weight is 378 g/mol. The lowest BCUT2D eigenvalue weighted by molar-refractivity contribution is -0.147. The molecule has 0 saturated carbocycles. The summed E-state index contributed by atoms with van der Waals surface area (Å²) in [4.78, 5) is 10.8. The molecule has 0 radical (unpaired) electrons. The number of carboxylic acids is 1. The molecule has 2 atom stereocenters. The lowest BCUT2D eigenvalue weighted by Gasteiger charge is -2.16. The monoisotopic (exact) mass is 378 g/mol. The van der Waals surface area contributed by atoms with Gasteiger partial charge >= 0.3 is 5.97 Å². The van der Waals surface area contributed by atoms with Crippen LogP contribution < -0.4 is 4.74 Å². The molecule has 2 unspecified atom stereocenters. The Morgan fingerprint density at radius 2 is 1.93 bits per heavy atom. The van der Waals surface area contributed by atoms with E-state index in [2.05, 4.69) is 0 Å². The van der Waals surface area contributed by atoms with Crippen molar-refractivity contribution in [1.29, 1.82) is 0 Å². The topological polar surface area (TPSA) is 66.8 Å². The number of aliphatic hydroxyl groups is 1. The van der Waals surface area contributed by atoms with Crippen LogP contribution in [0.5, 0.6) is 5.75 Å². The highest BCUT2D eigenvalue weighted by Gasteiger charge is 2.18. The summed E-state index contributed by atoms with van der Waals surface area (Å²) in [5.41, 5.74) is 2.35. The number of rotatable bonds is 9. The largest absolute Gasteiger partial charge is 0.494 e. The van der Waals surface area contributed by atoms with E-state index in [1.54, 1.807) is 18.2 Å². The van der Waals surface area contributed by atoms with Gasteiger partial charge in [-0.2, -0.15) is 0 Å². The smallest absolute Gasteiger partial charge is 0.332 e. The van der Waals surface area contributed by atoms with Gasteiger partial charge in [-0.15, -0.1) is 0 Å². The summed E-state index contributed by atoms with van der Waals surface area (Å²) in [5.74, 6) is -1.99. The van der Waals surface area contributed by atoms with Crippen LogP contribution in [0.4, 0.5) is 8.78 Å². The Kier molecular flexibility index (Phi) is 7.30. The van der Waals surface area contributed by atoms with E-state index in [4.69, 9.17) is 9.84 Å². The number of benzene rings is 2. The molecule has 4 nitrogen and oxygen atoms in total. The molecule has 0 bridgehead atoms. The van der Waals surface area contributed by atoms with Crippen LogP contribution >= 0.6 is 0 Å². The number of ether oxygens (including phenoxy) is 1. The van der Waals surface area contributed by atoms with Crippen molar-refractivity contribution in [2.45, 2.75) is 38.7 Å². The van der Waals surface area contributed by atoms with E-state index in [1.165, 1.54) is 25.3 Å². The molecule has 0 heterocycles. The summed E-state index contributed by atoms with van der Waals surface area (Å²) in [5, 5.41) is 18.3. The molecule has 6 heteroatoms. The molecule has 0 aliphatic heterocycles. The molecule has 2 rings (SSSR count). The Morgan fingerprint density at radius 3 is 2.56 bits per heavy atom. The number of aliphatic hydroxyl groups excluding tert-OH is 1. The molecule has 0 aliphatic rings. The van der Waals surface area contributed by atoms with E-state index in [0.29, 0.717) is 19.3 Å². The van der Waals surface area contributed by atoms with Crippen molar-refractivity contribution in [3.63, 3.8) is 0 Å². The normalized spacial score (nSPS) is 13.2. The van der Waals surface area contributed by atoms with E-state index in [-0.39, 0.29) is 23.9 Å². The Hall–Kier alpha value is -2.47. The van der Waals surface area contributed by atoms with Crippen LogP contribution in [0.15, 0.2) is 36.4 Å². The molecule has 0 amide bonds. The molecule has 2 N–H and O–H groups in total. The van der Waals surface area contributed by atoms with E-state index in [9.17, 15) is 18.7 Å². The summed E-state index contributed by atoms with van der Waals surface area (Å²) in [6, 6.07) is 9.26. The summed E-state index contributed by atoms with van der Waals surface area (Å²) in [7, 11) is 1.39. The fraction of sp³-hybridized carbons (Fsp3) is 0.381. The second-order valence-corrected chi connectivity index (χ2v) is 6.80. The lowest BCUT2D eigenvalue weighted by Crippen LogP contribution is -2.22. The maximum atomic E-state index is 14.2. The van der Waals surface area contributed by atoms with Gasteiger partial charge in [0.15, 0.2) is 17.7 Å². The van der Waals surface area contributed by atoms with Crippen molar-refractivity contribution in [2.75, 3.05) is 7.11 Å². The van der Waals surface area contributed by atoms with Crippen molar-refractivity contribution >= 4 is 5.97 Å². The number of hydrogen-bond acceptors (Lipinski definition) is 3. The van der Waals surface area contributed by atoms with Crippen LogP contribution in [0.2, 0.25) is 0 Å². The number of carbonyl (C=O) groups is 1. The van der Waals surface area contributed by atoms with Crippen LogP contribution in [-0.2, 0) is 17.6 Å². The number of methoxy groups -OCH3 is 1. The average Bonchev–Trinajstić information content (AvgIpc) is 2.61. The second-order valence-electron chi connectivity index (χ2n) is 6.80. The molecule has 0 fully saturated rings. The molecule has 0 aliphatic carbocycles. The molecule has 0 aromatic heterocycles. The minimum atomic E-state index is -1.40. The van der Waals surface area contributed by atoms with Gasteiger partial charge in [0.05, 0.1) is 7.11 Å². The summed E-state index contributed by atoms with van der Waals surface area (Å²) in [6.07, 6.45) is 0.258. The predicted molar refractivity (Wildman–Crippen MR) is 97.9 cm³/mol. The van der Waals surface area contributed by atoms with Gasteiger partial charge in [0.25, 0.3) is 0 Å². The molecule has 0 saturated heterocycles. The van der Waals surface area contributed by atoms with Gasteiger partial charge in [-0.3, -0.25) is 0 Å². The van der Waals surface area contributed by atoms with Gasteiger partial charge in [-0.25, -0.2) is 13.6 Å². The van der Waals surface area contributed by atoms with Gasteiger partial charge in [-0.05, 0) is 72.6 Å². The highest BCUT2D eigenvalue weighted by molar-refractivity contribution is 5.71. The standard InChI is InChI=1S/C21H24F2O4/c1-13(8-19(24)21(25)26)6-7-15-11-18(23)20(27-2)12-16(15)9-14-4-3-5-17(22)10-14/h3-5,10-13,19,24H,6-9H2,1-2H3,(H,25,26). The van der Waals surface area contributed by atoms with E-state index >= 15 is 0 Å². The molecule has 146 valence electrons. The summed E-state index contributed by atoms with van der Waals surface area (Å²) in [6.45, 7) is 1.85. The molecule has 2 aromatic carbocycles. The number of carboxylic acid groups (broad SMARTS) is 1. The zero-order valence-corrected chi connectivity index (χ0v) is 15.4. The minimum absolute atomic E-state index is 0.0525. The fourth-order valence-corrected chi connectivity index (χ4v) is 3.06. The quantitative estimate of drug-likeness (QED) is 0.693. The van der Waals surface area contributed by atoms with Crippen LogP contribution in [0.1, 0.15) is 36.5 Å². The number of aliphatic carboxylic acids is 1. The van der Waals surface area contributed by atoms with Crippen molar-refractivity contribution < 1.29 is 28.5 Å². The Labute approximate surface area is 157 Å². The third-order valence-electron chi connectivity index (χ3n) is 4.57. The summed E-state index contributed by atoms with van der Waals surface area (Å²) >= 11 is 0. The predicted octanol–water partition coefficient (Wildman–Crippen LogP) is 3.97. The van der Waals surface area contributed by atoms with Crippen LogP contribution in [0, 0.1) is 17.6 Å². The maximum absolute atomic E-state index is 14.2. The second kappa shape index (κ2) is 9.46. The zero-order valence-electron chi connectivity index (χ0n) is 15.4. The Morgan fingerprint density at radius 1 is 1.19 bits per heavy atom. The molecule has 27 heavy (non-hydrogen) atoms. The maximum Gasteiger partial charge on any atom is 0.332 e. The first-order valence-electron chi connectivity index (χ1n) is 8.80. The molecular formula is C21H24F2O4. The van der Waals surface area contributed by atoms with Crippen LogP contribution in [0.3, 0.4) is 0 Å². The third kappa shape index (κ3) is 6.03. The van der Waals surface area contributed by atoms with Crippen LogP contribution in [-0.4, -0.2) is 29.4 Å². The van der Waals surface area contributed by atoms with Crippen molar-refractivity contribution in [3.8, 4) is 5.75 Å². The van der Waals surface area contributed by atoms with Crippen LogP contribution in [0.25, 0.3) is 0 Å². The number of aryl methyl sites for hydroxylation is 1. The first-order valence-corrected chi connectivity index (χ1v) is 8.80. The molecular weight excluding hydrogens is 354 g/mol. The van der Waals surface area contributed by atoms with Gasteiger partial charge < -0.3 is 14.9 Å². The van der Waals surface area contributed by atoms with E-state index in [1.807, 2.05) is 6.92 Å². The van der Waals surface area contributed by atoms with Gasteiger partial charge in [-0.1, -0.05) is 19.1 Å². The Bertz CT molecular complexity index is 792. The third-order valence-corrected chi connectivity index (χ3v) is 4.57. The fourth-order valence-electron chi connectivity index (χ4n) is 3.06. The zero-order chi connectivity index (χ0) is 20.0. The number of halogens is 2. The highest BCUT2D eigenvalue weighted by atomic mass is 19.1. The first kappa shape index (κ1) is 20.8. The lowest BCUT2D eigenvalue weighted by atomic mass is 9.91. The summed E-state index contributed by atoms with van der Waals surface area (Å²) < 4.78 is 32.7. The van der Waals surface area contributed by atoms with E-state index < -0.39 is 17.9 Å². The van der Waals surface area contributed by atoms with Crippen molar-refractivity contribution in [2.24, 2.45) is 5.92 Å².